The number of amides is 2. The number of ether oxygens (including phenoxy) is 1. The Morgan fingerprint density at radius 1 is 1.00 bits per heavy atom. The maximum absolute atomic E-state index is 12.3. The van der Waals surface area contributed by atoms with Crippen molar-refractivity contribution in [3.05, 3.63) is 0 Å². The van der Waals surface area contributed by atoms with Gasteiger partial charge in [0.05, 0.1) is 12.1 Å². The standard InChI is InChI=1S/C17H31N3O2/c1-22-16-9-5-4-8-15(16)19-17(21)18-13-10-11-20(12-13)14-6-2-3-7-14/h13-16H,2-12H2,1H3,(H2,18,19,21)/t13-,15-,16+/m0/s1. The van der Waals surface area contributed by atoms with Gasteiger partial charge >= 0.3 is 6.03 Å². The van der Waals surface area contributed by atoms with Gasteiger partial charge in [0.2, 0.25) is 0 Å². The molecule has 3 atom stereocenters. The summed E-state index contributed by atoms with van der Waals surface area (Å²) in [5.41, 5.74) is 0. The van der Waals surface area contributed by atoms with Crippen LogP contribution in [0.3, 0.4) is 0 Å². The number of nitrogens with zero attached hydrogens (tertiary/aromatic N) is 1. The average Bonchev–Trinajstić information content (AvgIpc) is 3.18. The van der Waals surface area contributed by atoms with E-state index in [4.69, 9.17) is 4.74 Å². The molecule has 2 aliphatic carbocycles. The van der Waals surface area contributed by atoms with Gasteiger partial charge in [0.1, 0.15) is 0 Å². The van der Waals surface area contributed by atoms with Gasteiger partial charge in [-0.2, -0.15) is 0 Å². The zero-order valence-electron chi connectivity index (χ0n) is 13.9. The number of hydrogen-bond donors (Lipinski definition) is 2. The van der Waals surface area contributed by atoms with Crippen LogP contribution in [-0.2, 0) is 4.74 Å². The lowest BCUT2D eigenvalue weighted by atomic mass is 9.92. The highest BCUT2D eigenvalue weighted by Gasteiger charge is 2.31. The summed E-state index contributed by atoms with van der Waals surface area (Å²) in [6.07, 6.45) is 11.2. The van der Waals surface area contributed by atoms with Crippen LogP contribution in [0.5, 0.6) is 0 Å². The summed E-state index contributed by atoms with van der Waals surface area (Å²) < 4.78 is 5.51. The normalized spacial score (nSPS) is 34.0. The third kappa shape index (κ3) is 3.93. The Hall–Kier alpha value is -0.810. The zero-order chi connectivity index (χ0) is 15.4. The summed E-state index contributed by atoms with van der Waals surface area (Å²) in [6, 6.07) is 1.24. The van der Waals surface area contributed by atoms with Crippen molar-refractivity contribution in [3.8, 4) is 0 Å². The van der Waals surface area contributed by atoms with Crippen molar-refractivity contribution in [2.45, 2.75) is 82.0 Å². The molecular formula is C17H31N3O2. The van der Waals surface area contributed by atoms with Crippen LogP contribution in [-0.4, -0.2) is 55.4 Å². The third-order valence-corrected chi connectivity index (χ3v) is 5.72. The quantitative estimate of drug-likeness (QED) is 0.837. The molecule has 5 heteroatoms. The third-order valence-electron chi connectivity index (χ3n) is 5.72. The molecule has 3 aliphatic rings. The molecule has 0 aromatic carbocycles. The van der Waals surface area contributed by atoms with E-state index in [1.54, 1.807) is 7.11 Å². The molecule has 3 rings (SSSR count). The Labute approximate surface area is 134 Å². The second-order valence-electron chi connectivity index (χ2n) is 7.20. The van der Waals surface area contributed by atoms with E-state index < -0.39 is 0 Å². The van der Waals surface area contributed by atoms with Gasteiger partial charge < -0.3 is 15.4 Å². The minimum atomic E-state index is -0.00720. The van der Waals surface area contributed by atoms with Crippen LogP contribution in [0.2, 0.25) is 0 Å². The summed E-state index contributed by atoms with van der Waals surface area (Å²) in [7, 11) is 1.75. The number of rotatable bonds is 4. The molecule has 5 nitrogen and oxygen atoms in total. The smallest absolute Gasteiger partial charge is 0.315 e. The van der Waals surface area contributed by atoms with Crippen molar-refractivity contribution in [2.75, 3.05) is 20.2 Å². The minimum absolute atomic E-state index is 0.00720. The molecule has 1 aliphatic heterocycles. The largest absolute Gasteiger partial charge is 0.379 e. The van der Waals surface area contributed by atoms with Crippen molar-refractivity contribution in [1.29, 1.82) is 0 Å². The Bertz CT molecular complexity index is 371. The van der Waals surface area contributed by atoms with Gasteiger partial charge in [0, 0.05) is 32.3 Å². The Balaban J connectivity index is 1.42. The number of likely N-dealkylation sites (tertiary alicyclic amines) is 1. The van der Waals surface area contributed by atoms with E-state index in [9.17, 15) is 4.79 Å². The van der Waals surface area contributed by atoms with Crippen LogP contribution in [0, 0.1) is 0 Å². The molecule has 0 spiro atoms. The van der Waals surface area contributed by atoms with E-state index in [2.05, 4.69) is 15.5 Å². The van der Waals surface area contributed by atoms with E-state index in [1.807, 2.05) is 0 Å². The van der Waals surface area contributed by atoms with Crippen LogP contribution in [0.15, 0.2) is 0 Å². The number of urea groups is 1. The number of methoxy groups -OCH3 is 1. The molecule has 2 amide bonds. The fourth-order valence-electron chi connectivity index (χ4n) is 4.45. The first kappa shape index (κ1) is 16.1. The Morgan fingerprint density at radius 3 is 2.50 bits per heavy atom. The van der Waals surface area contributed by atoms with E-state index in [-0.39, 0.29) is 18.2 Å². The molecule has 0 aromatic rings. The van der Waals surface area contributed by atoms with Gasteiger partial charge in [-0.05, 0) is 32.1 Å². The molecule has 126 valence electrons. The SMILES string of the molecule is CO[C@@H]1CCCC[C@@H]1NC(=O)N[C@H]1CCN(C2CCCC2)C1. The van der Waals surface area contributed by atoms with Crippen LogP contribution in [0.1, 0.15) is 57.8 Å². The fraction of sp³-hybridized carbons (Fsp3) is 0.941. The molecule has 22 heavy (non-hydrogen) atoms. The van der Waals surface area contributed by atoms with Crippen molar-refractivity contribution in [2.24, 2.45) is 0 Å². The molecule has 0 bridgehead atoms. The number of nitrogens with one attached hydrogen (secondary N) is 2. The second kappa shape index (κ2) is 7.64. The topological polar surface area (TPSA) is 53.6 Å². The van der Waals surface area contributed by atoms with E-state index in [1.165, 1.54) is 38.5 Å². The molecular weight excluding hydrogens is 278 g/mol. The monoisotopic (exact) mass is 309 g/mol. The maximum atomic E-state index is 12.3. The number of carbonyl (C=O) groups excluding carboxylic acids is 1. The van der Waals surface area contributed by atoms with Gasteiger partial charge in [0.25, 0.3) is 0 Å². The lowest BCUT2D eigenvalue weighted by Crippen LogP contribution is -2.52. The molecule has 0 radical (unpaired) electrons. The summed E-state index contributed by atoms with van der Waals surface area (Å²) in [5, 5.41) is 6.31. The molecule has 0 aromatic heterocycles. The molecule has 1 heterocycles. The van der Waals surface area contributed by atoms with E-state index in [0.29, 0.717) is 6.04 Å². The first-order chi connectivity index (χ1) is 10.8. The Kier molecular flexibility index (Phi) is 5.58. The predicted octanol–water partition coefficient (Wildman–Crippen LogP) is 2.26. The lowest BCUT2D eigenvalue weighted by Gasteiger charge is -2.31. The average molecular weight is 309 g/mol. The van der Waals surface area contributed by atoms with Crippen molar-refractivity contribution < 1.29 is 9.53 Å². The maximum Gasteiger partial charge on any atom is 0.315 e. The minimum Gasteiger partial charge on any atom is -0.379 e. The van der Waals surface area contributed by atoms with Gasteiger partial charge in [-0.3, -0.25) is 4.90 Å². The van der Waals surface area contributed by atoms with Crippen LogP contribution < -0.4 is 10.6 Å². The van der Waals surface area contributed by atoms with Crippen LogP contribution in [0.25, 0.3) is 0 Å². The van der Waals surface area contributed by atoms with Gasteiger partial charge in [-0.15, -0.1) is 0 Å². The lowest BCUT2D eigenvalue weighted by molar-refractivity contribution is 0.0450. The molecule has 2 saturated carbocycles. The van der Waals surface area contributed by atoms with Crippen LogP contribution in [0.4, 0.5) is 4.79 Å². The van der Waals surface area contributed by atoms with Crippen molar-refractivity contribution in [1.82, 2.24) is 15.5 Å². The molecule has 0 unspecified atom stereocenters. The number of carbonyl (C=O) groups is 1. The number of hydrogen-bond acceptors (Lipinski definition) is 3. The molecule has 1 saturated heterocycles. The zero-order valence-corrected chi connectivity index (χ0v) is 13.9. The summed E-state index contributed by atoms with van der Waals surface area (Å²) in [6.45, 7) is 2.16. The highest BCUT2D eigenvalue weighted by molar-refractivity contribution is 5.74. The first-order valence-electron chi connectivity index (χ1n) is 9.10. The molecule has 3 fully saturated rings. The van der Waals surface area contributed by atoms with Crippen molar-refractivity contribution >= 4 is 6.03 Å². The Morgan fingerprint density at radius 2 is 1.73 bits per heavy atom. The molecule has 2 N–H and O–H groups in total. The van der Waals surface area contributed by atoms with E-state index in [0.717, 1.165) is 38.4 Å². The predicted molar refractivity (Wildman–Crippen MR) is 87.0 cm³/mol. The first-order valence-corrected chi connectivity index (χ1v) is 9.10. The van der Waals surface area contributed by atoms with Gasteiger partial charge in [-0.25, -0.2) is 4.79 Å². The van der Waals surface area contributed by atoms with Gasteiger partial charge in [-0.1, -0.05) is 25.7 Å². The summed E-state index contributed by atoms with van der Waals surface area (Å²) in [4.78, 5) is 14.8. The highest BCUT2D eigenvalue weighted by atomic mass is 16.5. The fourth-order valence-corrected chi connectivity index (χ4v) is 4.45. The summed E-state index contributed by atoms with van der Waals surface area (Å²) >= 11 is 0. The van der Waals surface area contributed by atoms with E-state index >= 15 is 0 Å². The van der Waals surface area contributed by atoms with Crippen LogP contribution >= 0.6 is 0 Å². The van der Waals surface area contributed by atoms with Crippen molar-refractivity contribution in [3.63, 3.8) is 0 Å². The van der Waals surface area contributed by atoms with Gasteiger partial charge in [0.15, 0.2) is 0 Å². The second-order valence-corrected chi connectivity index (χ2v) is 7.20. The highest BCUT2D eigenvalue weighted by Crippen LogP contribution is 2.26. The summed E-state index contributed by atoms with van der Waals surface area (Å²) in [5.74, 6) is 0.